The molecule has 2 aromatic rings. The van der Waals surface area contributed by atoms with Gasteiger partial charge in [-0.3, -0.25) is 0 Å². The van der Waals surface area contributed by atoms with E-state index in [2.05, 4.69) is 0 Å². The predicted octanol–water partition coefficient (Wildman–Crippen LogP) is 4.78. The van der Waals surface area contributed by atoms with Crippen molar-refractivity contribution in [2.45, 2.75) is 67.5 Å². The van der Waals surface area contributed by atoms with Crippen LogP contribution in [-0.4, -0.2) is 32.5 Å². The summed E-state index contributed by atoms with van der Waals surface area (Å²) in [4.78, 5) is 0.403. The first-order valence-corrected chi connectivity index (χ1v) is 12.3. The summed E-state index contributed by atoms with van der Waals surface area (Å²) in [5, 5.41) is -0.488. The maximum atomic E-state index is 13.4. The van der Waals surface area contributed by atoms with Gasteiger partial charge in [0.15, 0.2) is 9.84 Å². The largest absolute Gasteiger partial charge is 0.374 e. The summed E-state index contributed by atoms with van der Waals surface area (Å²) in [6, 6.07) is 18.9. The highest BCUT2D eigenvalue weighted by molar-refractivity contribution is 7.92. The predicted molar refractivity (Wildman–Crippen MR) is 113 cm³/mol. The molecule has 1 heterocycles. The number of rotatable bonds is 7. The molecule has 1 aliphatic heterocycles. The Bertz CT molecular complexity index is 860. The standard InChI is InChI=1S/C24H30O4S/c25-29(26,22-14-8-3-9-15-22)23-16-21(18-27-17-19-10-4-1-5-11-19)28-24(23)20-12-6-2-7-13-20/h1,3-5,8-11,14-15,20-21,23-24H,2,6-7,12-13,16-18H2/t21-,23+,24-/m1/s1. The second-order valence-corrected chi connectivity index (χ2v) is 10.4. The average molecular weight is 415 g/mol. The third-order valence-corrected chi connectivity index (χ3v) is 8.40. The fourth-order valence-electron chi connectivity index (χ4n) is 4.71. The fraction of sp³-hybridized carbons (Fsp3) is 0.500. The Balaban J connectivity index is 1.47. The van der Waals surface area contributed by atoms with Gasteiger partial charge >= 0.3 is 0 Å². The number of benzene rings is 2. The van der Waals surface area contributed by atoms with Crippen molar-refractivity contribution in [1.29, 1.82) is 0 Å². The Morgan fingerprint density at radius 3 is 2.24 bits per heavy atom. The second kappa shape index (κ2) is 9.41. The lowest BCUT2D eigenvalue weighted by Crippen LogP contribution is -2.37. The van der Waals surface area contributed by atoms with Crippen LogP contribution in [0.2, 0.25) is 0 Å². The molecule has 5 heteroatoms. The lowest BCUT2D eigenvalue weighted by molar-refractivity contribution is -0.0424. The van der Waals surface area contributed by atoms with Crippen molar-refractivity contribution in [1.82, 2.24) is 0 Å². The van der Waals surface area contributed by atoms with Crippen LogP contribution >= 0.6 is 0 Å². The number of ether oxygens (including phenoxy) is 2. The quantitative estimate of drug-likeness (QED) is 0.654. The molecule has 3 atom stereocenters. The number of sulfone groups is 1. The molecule has 2 aromatic carbocycles. The minimum absolute atomic E-state index is 0.172. The van der Waals surface area contributed by atoms with Crippen molar-refractivity contribution in [3.8, 4) is 0 Å². The summed E-state index contributed by atoms with van der Waals surface area (Å²) in [7, 11) is -3.43. The van der Waals surface area contributed by atoms with Crippen molar-refractivity contribution in [2.24, 2.45) is 5.92 Å². The Morgan fingerprint density at radius 2 is 1.55 bits per heavy atom. The van der Waals surface area contributed by atoms with Gasteiger partial charge in [0, 0.05) is 0 Å². The monoisotopic (exact) mass is 414 g/mol. The van der Waals surface area contributed by atoms with E-state index in [1.165, 1.54) is 6.42 Å². The average Bonchev–Trinajstić information content (AvgIpc) is 3.21. The van der Waals surface area contributed by atoms with Crippen molar-refractivity contribution < 1.29 is 17.9 Å². The minimum atomic E-state index is -3.43. The SMILES string of the molecule is O=S(=O)(c1ccccc1)[C@H]1C[C@H](COCc2ccccc2)O[C@@H]1C1CCCCC1. The summed E-state index contributed by atoms with van der Waals surface area (Å²) in [6.07, 6.45) is 5.79. The zero-order valence-electron chi connectivity index (χ0n) is 16.8. The summed E-state index contributed by atoms with van der Waals surface area (Å²) in [5.41, 5.74) is 1.11. The lowest BCUT2D eigenvalue weighted by atomic mass is 9.84. The van der Waals surface area contributed by atoms with E-state index in [0.29, 0.717) is 30.4 Å². The first kappa shape index (κ1) is 20.6. The smallest absolute Gasteiger partial charge is 0.183 e. The van der Waals surface area contributed by atoms with Gasteiger partial charge in [0.05, 0.1) is 35.6 Å². The molecule has 4 rings (SSSR count). The molecule has 1 saturated heterocycles. The normalized spacial score (nSPS) is 25.9. The van der Waals surface area contributed by atoms with Gasteiger partial charge in [-0.25, -0.2) is 8.42 Å². The van der Waals surface area contributed by atoms with E-state index in [0.717, 1.165) is 31.2 Å². The van der Waals surface area contributed by atoms with Crippen LogP contribution < -0.4 is 0 Å². The van der Waals surface area contributed by atoms with Gasteiger partial charge in [-0.05, 0) is 42.9 Å². The van der Waals surface area contributed by atoms with Crippen molar-refractivity contribution in [2.75, 3.05) is 6.61 Å². The molecule has 0 N–H and O–H groups in total. The number of hydrogen-bond donors (Lipinski definition) is 0. The van der Waals surface area contributed by atoms with E-state index in [-0.39, 0.29) is 12.2 Å². The van der Waals surface area contributed by atoms with E-state index in [9.17, 15) is 8.42 Å². The molecule has 1 aliphatic carbocycles. The van der Waals surface area contributed by atoms with Crippen molar-refractivity contribution in [3.63, 3.8) is 0 Å². The molecule has 0 bridgehead atoms. The number of hydrogen-bond acceptors (Lipinski definition) is 4. The second-order valence-electron chi connectivity index (χ2n) is 8.25. The van der Waals surface area contributed by atoms with E-state index >= 15 is 0 Å². The highest BCUT2D eigenvalue weighted by atomic mass is 32.2. The molecule has 0 aromatic heterocycles. The van der Waals surface area contributed by atoms with Crippen LogP contribution in [0.3, 0.4) is 0 Å². The van der Waals surface area contributed by atoms with Crippen LogP contribution in [0.25, 0.3) is 0 Å². The molecule has 0 radical (unpaired) electrons. The highest BCUT2D eigenvalue weighted by Gasteiger charge is 2.47. The first-order chi connectivity index (χ1) is 14.1. The topological polar surface area (TPSA) is 52.6 Å². The summed E-state index contributed by atoms with van der Waals surface area (Å²) in [5.74, 6) is 0.325. The third kappa shape index (κ3) is 4.90. The zero-order valence-corrected chi connectivity index (χ0v) is 17.6. The third-order valence-electron chi connectivity index (χ3n) is 6.21. The molecule has 0 spiro atoms. The molecule has 0 unspecified atom stereocenters. The fourth-order valence-corrected chi connectivity index (χ4v) is 6.71. The van der Waals surface area contributed by atoms with E-state index < -0.39 is 15.1 Å². The summed E-state index contributed by atoms with van der Waals surface area (Å²) in [6.45, 7) is 0.948. The zero-order chi connectivity index (χ0) is 20.1. The van der Waals surface area contributed by atoms with E-state index in [1.54, 1.807) is 24.3 Å². The molecular weight excluding hydrogens is 384 g/mol. The molecule has 156 valence electrons. The van der Waals surface area contributed by atoms with Gasteiger partial charge < -0.3 is 9.47 Å². The van der Waals surface area contributed by atoms with Crippen molar-refractivity contribution in [3.05, 3.63) is 66.2 Å². The van der Waals surface area contributed by atoms with Gasteiger partial charge in [-0.1, -0.05) is 67.8 Å². The van der Waals surface area contributed by atoms with Crippen LogP contribution in [0.5, 0.6) is 0 Å². The van der Waals surface area contributed by atoms with Gasteiger partial charge in [-0.2, -0.15) is 0 Å². The van der Waals surface area contributed by atoms with Crippen LogP contribution in [0.15, 0.2) is 65.6 Å². The first-order valence-electron chi connectivity index (χ1n) is 10.7. The van der Waals surface area contributed by atoms with Gasteiger partial charge in [0.2, 0.25) is 0 Å². The Hall–Kier alpha value is -1.69. The van der Waals surface area contributed by atoms with Crippen LogP contribution in [0.4, 0.5) is 0 Å². The van der Waals surface area contributed by atoms with E-state index in [1.807, 2.05) is 36.4 Å². The van der Waals surface area contributed by atoms with Gasteiger partial charge in [0.1, 0.15) is 0 Å². The van der Waals surface area contributed by atoms with Crippen molar-refractivity contribution >= 4 is 9.84 Å². The molecule has 4 nitrogen and oxygen atoms in total. The van der Waals surface area contributed by atoms with Crippen LogP contribution in [-0.2, 0) is 25.9 Å². The lowest BCUT2D eigenvalue weighted by Gasteiger charge is -2.30. The van der Waals surface area contributed by atoms with Gasteiger partial charge in [-0.15, -0.1) is 0 Å². The maximum Gasteiger partial charge on any atom is 0.183 e. The van der Waals surface area contributed by atoms with Gasteiger partial charge in [0.25, 0.3) is 0 Å². The Kier molecular flexibility index (Phi) is 6.68. The molecule has 1 saturated carbocycles. The summed E-state index contributed by atoms with van der Waals surface area (Å²) >= 11 is 0. The Labute approximate surface area is 174 Å². The Morgan fingerprint density at radius 1 is 0.897 bits per heavy atom. The molecule has 0 amide bonds. The molecular formula is C24H30O4S. The molecule has 2 aliphatic rings. The van der Waals surface area contributed by atoms with E-state index in [4.69, 9.17) is 9.47 Å². The van der Waals surface area contributed by atoms with Crippen LogP contribution in [0.1, 0.15) is 44.1 Å². The maximum absolute atomic E-state index is 13.4. The minimum Gasteiger partial charge on any atom is -0.374 e. The van der Waals surface area contributed by atoms with Crippen LogP contribution in [0, 0.1) is 5.92 Å². The summed E-state index contributed by atoms with van der Waals surface area (Å²) < 4.78 is 39.1. The highest BCUT2D eigenvalue weighted by Crippen LogP contribution is 2.39. The molecule has 2 fully saturated rings. The molecule has 29 heavy (non-hydrogen) atoms.